The van der Waals surface area contributed by atoms with Crippen LogP contribution >= 0.6 is 11.3 Å². The number of β-lactam (4-membered cyclic amide) rings is 1. The van der Waals surface area contributed by atoms with Gasteiger partial charge >= 0.3 is 0 Å². The average molecular weight is 400 g/mol. The zero-order valence-electron chi connectivity index (χ0n) is 16.1. The smallest absolute Gasteiger partial charge is 0.257 e. The summed E-state index contributed by atoms with van der Waals surface area (Å²) in [6.45, 7) is 3.42. The predicted molar refractivity (Wildman–Crippen MR) is 105 cm³/mol. The van der Waals surface area contributed by atoms with E-state index in [1.54, 1.807) is 17.4 Å². The van der Waals surface area contributed by atoms with E-state index in [0.717, 1.165) is 44.2 Å². The number of hydrogen-bond acceptors (Lipinski definition) is 5. The van der Waals surface area contributed by atoms with Crippen LogP contribution in [0.2, 0.25) is 0 Å². The van der Waals surface area contributed by atoms with Crippen molar-refractivity contribution < 1.29 is 14.0 Å². The maximum absolute atomic E-state index is 13.3. The Hall–Kier alpha value is -2.15. The topological polar surface area (TPSA) is 66.7 Å². The van der Waals surface area contributed by atoms with Crippen LogP contribution in [0.3, 0.4) is 0 Å². The van der Waals surface area contributed by atoms with Crippen molar-refractivity contribution in [3.8, 4) is 0 Å². The van der Waals surface area contributed by atoms with E-state index in [-0.39, 0.29) is 23.4 Å². The Balaban J connectivity index is 1.34. The third-order valence-corrected chi connectivity index (χ3v) is 7.89. The molecule has 5 rings (SSSR count). The first-order chi connectivity index (χ1) is 13.6. The molecule has 1 atom stereocenters. The van der Waals surface area contributed by atoms with Crippen molar-refractivity contribution in [2.75, 3.05) is 13.1 Å². The van der Waals surface area contributed by atoms with Gasteiger partial charge in [-0.1, -0.05) is 12.8 Å². The molecule has 1 spiro atoms. The number of rotatable bonds is 3. The number of furan rings is 1. The number of carbonyl (C=O) groups excluding carboxylic acids is 2. The summed E-state index contributed by atoms with van der Waals surface area (Å²) in [4.78, 5) is 35.6. The summed E-state index contributed by atoms with van der Waals surface area (Å²) in [5.74, 6) is 0.353. The highest BCUT2D eigenvalue weighted by Gasteiger charge is 2.64. The molecule has 1 saturated carbocycles. The number of amides is 2. The van der Waals surface area contributed by atoms with Crippen LogP contribution in [0.25, 0.3) is 0 Å². The van der Waals surface area contributed by atoms with Gasteiger partial charge in [-0.3, -0.25) is 9.59 Å². The monoisotopic (exact) mass is 399 g/mol. The molecule has 2 saturated heterocycles. The Morgan fingerprint density at radius 1 is 1.29 bits per heavy atom. The SMILES string of the molecule is Cc1ncsc1C1N(C2CCN(C(=O)c3ccoc3)CC2)C(=O)C12CCCC2. The van der Waals surface area contributed by atoms with E-state index in [9.17, 15) is 9.59 Å². The molecule has 7 heteroatoms. The minimum absolute atomic E-state index is 0.0178. The van der Waals surface area contributed by atoms with E-state index in [1.165, 1.54) is 17.4 Å². The first-order valence-electron chi connectivity index (χ1n) is 10.2. The zero-order chi connectivity index (χ0) is 19.3. The number of aromatic nitrogens is 1. The van der Waals surface area contributed by atoms with Crippen LogP contribution < -0.4 is 0 Å². The standard InChI is InChI=1S/C21H25N3O3S/c1-14-17(28-13-22-14)18-21(7-2-3-8-21)20(26)24(18)16-4-9-23(10-5-16)19(25)15-6-11-27-12-15/h6,11-13,16,18H,2-5,7-10H2,1H3. The second kappa shape index (κ2) is 6.72. The molecule has 28 heavy (non-hydrogen) atoms. The molecule has 1 unspecified atom stereocenters. The molecule has 0 aromatic carbocycles. The van der Waals surface area contributed by atoms with Gasteiger partial charge in [0.2, 0.25) is 5.91 Å². The number of likely N-dealkylation sites (tertiary alicyclic amines) is 2. The molecule has 2 aliphatic heterocycles. The molecule has 1 aliphatic carbocycles. The Morgan fingerprint density at radius 2 is 2.04 bits per heavy atom. The van der Waals surface area contributed by atoms with E-state index in [4.69, 9.17) is 4.42 Å². The van der Waals surface area contributed by atoms with Crippen molar-refractivity contribution >= 4 is 23.2 Å². The van der Waals surface area contributed by atoms with Crippen LogP contribution in [0.1, 0.15) is 65.5 Å². The molecule has 3 aliphatic rings. The Kier molecular flexibility index (Phi) is 4.30. The van der Waals surface area contributed by atoms with Crippen molar-refractivity contribution in [2.45, 2.75) is 57.5 Å². The quantitative estimate of drug-likeness (QED) is 0.737. The molecule has 148 valence electrons. The predicted octanol–water partition coefficient (Wildman–Crippen LogP) is 3.79. The lowest BCUT2D eigenvalue weighted by atomic mass is 9.67. The maximum atomic E-state index is 13.3. The highest BCUT2D eigenvalue weighted by molar-refractivity contribution is 7.09. The van der Waals surface area contributed by atoms with Crippen molar-refractivity contribution in [3.05, 3.63) is 40.2 Å². The zero-order valence-corrected chi connectivity index (χ0v) is 16.9. The molecular formula is C21H25N3O3S. The van der Waals surface area contributed by atoms with E-state index < -0.39 is 0 Å². The van der Waals surface area contributed by atoms with Crippen LogP contribution in [0.5, 0.6) is 0 Å². The van der Waals surface area contributed by atoms with Crippen LogP contribution in [0.4, 0.5) is 0 Å². The summed E-state index contributed by atoms with van der Waals surface area (Å²) in [7, 11) is 0. The van der Waals surface area contributed by atoms with Crippen LogP contribution in [0.15, 0.2) is 28.5 Å². The largest absolute Gasteiger partial charge is 0.472 e. The van der Waals surface area contributed by atoms with Gasteiger partial charge in [-0.25, -0.2) is 4.98 Å². The Morgan fingerprint density at radius 3 is 2.64 bits per heavy atom. The molecule has 2 amide bonds. The van der Waals surface area contributed by atoms with Gasteiger partial charge < -0.3 is 14.2 Å². The van der Waals surface area contributed by atoms with Gasteiger partial charge in [0.1, 0.15) is 6.26 Å². The lowest BCUT2D eigenvalue weighted by Crippen LogP contribution is -2.66. The summed E-state index contributed by atoms with van der Waals surface area (Å²) in [6, 6.07) is 2.09. The van der Waals surface area contributed by atoms with E-state index in [1.807, 2.05) is 10.4 Å². The van der Waals surface area contributed by atoms with E-state index in [2.05, 4.69) is 16.8 Å². The fourth-order valence-electron chi connectivity index (χ4n) is 5.43. The average Bonchev–Trinajstić information content (AvgIpc) is 3.47. The van der Waals surface area contributed by atoms with Crippen molar-refractivity contribution in [1.29, 1.82) is 0 Å². The summed E-state index contributed by atoms with van der Waals surface area (Å²) < 4.78 is 5.04. The number of thiazole rings is 1. The summed E-state index contributed by atoms with van der Waals surface area (Å²) in [6.07, 6.45) is 8.99. The Bertz CT molecular complexity index is 877. The fourth-order valence-corrected chi connectivity index (χ4v) is 6.44. The minimum Gasteiger partial charge on any atom is -0.472 e. The molecular weight excluding hydrogens is 374 g/mol. The molecule has 2 aromatic heterocycles. The minimum atomic E-state index is -0.193. The van der Waals surface area contributed by atoms with Gasteiger partial charge in [0, 0.05) is 19.1 Å². The lowest BCUT2D eigenvalue weighted by molar-refractivity contribution is -0.180. The van der Waals surface area contributed by atoms with E-state index >= 15 is 0 Å². The van der Waals surface area contributed by atoms with Gasteiger partial charge in [-0.15, -0.1) is 11.3 Å². The van der Waals surface area contributed by atoms with Gasteiger partial charge in [0.15, 0.2) is 0 Å². The van der Waals surface area contributed by atoms with Crippen molar-refractivity contribution in [3.63, 3.8) is 0 Å². The number of nitrogens with zero attached hydrogens (tertiary/aromatic N) is 3. The molecule has 2 aromatic rings. The molecule has 0 N–H and O–H groups in total. The van der Waals surface area contributed by atoms with Gasteiger partial charge in [0.05, 0.1) is 39.4 Å². The molecule has 0 bridgehead atoms. The van der Waals surface area contributed by atoms with Crippen molar-refractivity contribution in [2.24, 2.45) is 5.41 Å². The first-order valence-corrected chi connectivity index (χ1v) is 11.0. The van der Waals surface area contributed by atoms with Crippen molar-refractivity contribution in [1.82, 2.24) is 14.8 Å². The maximum Gasteiger partial charge on any atom is 0.257 e. The van der Waals surface area contributed by atoms with Gasteiger partial charge in [-0.05, 0) is 38.7 Å². The lowest BCUT2D eigenvalue weighted by Gasteiger charge is -2.58. The molecule has 0 radical (unpaired) electrons. The Labute approximate surface area is 168 Å². The van der Waals surface area contributed by atoms with E-state index in [0.29, 0.717) is 24.6 Å². The highest BCUT2D eigenvalue weighted by atomic mass is 32.1. The fraction of sp³-hybridized carbons (Fsp3) is 0.571. The van der Waals surface area contributed by atoms with Gasteiger partial charge in [-0.2, -0.15) is 0 Å². The number of hydrogen-bond donors (Lipinski definition) is 0. The third-order valence-electron chi connectivity index (χ3n) is 6.90. The number of piperidine rings is 1. The summed E-state index contributed by atoms with van der Waals surface area (Å²) in [5, 5.41) is 0. The normalized spacial score (nSPS) is 24.8. The summed E-state index contributed by atoms with van der Waals surface area (Å²) >= 11 is 1.69. The molecule has 4 heterocycles. The number of aryl methyl sites for hydroxylation is 1. The van der Waals surface area contributed by atoms with Crippen LogP contribution in [-0.4, -0.2) is 45.7 Å². The summed E-state index contributed by atoms with van der Waals surface area (Å²) in [5.41, 5.74) is 3.37. The second-order valence-corrected chi connectivity index (χ2v) is 9.20. The second-order valence-electron chi connectivity index (χ2n) is 8.32. The highest BCUT2D eigenvalue weighted by Crippen LogP contribution is 2.61. The van der Waals surface area contributed by atoms with Crippen LogP contribution in [0, 0.1) is 12.3 Å². The number of carbonyl (C=O) groups is 2. The van der Waals surface area contributed by atoms with Gasteiger partial charge in [0.25, 0.3) is 5.91 Å². The third kappa shape index (κ3) is 2.55. The van der Waals surface area contributed by atoms with Crippen LogP contribution in [-0.2, 0) is 4.79 Å². The molecule has 6 nitrogen and oxygen atoms in total. The molecule has 3 fully saturated rings. The first kappa shape index (κ1) is 17.9.